The Kier molecular flexibility index (Phi) is 4.03. The lowest BCUT2D eigenvalue weighted by molar-refractivity contribution is -0.384. The normalized spacial score (nSPS) is 15.3. The van der Waals surface area contributed by atoms with Crippen molar-refractivity contribution in [2.75, 3.05) is 13.1 Å². The molecule has 0 amide bonds. The quantitative estimate of drug-likeness (QED) is 0.532. The third-order valence-electron chi connectivity index (χ3n) is 4.42. The zero-order valence-electron chi connectivity index (χ0n) is 13.6. The van der Waals surface area contributed by atoms with E-state index in [4.69, 9.17) is 4.42 Å². The molecule has 0 atom stereocenters. The summed E-state index contributed by atoms with van der Waals surface area (Å²) in [6.45, 7) is 2.49. The zero-order chi connectivity index (χ0) is 17.2. The standard InChI is InChI=1S/C19H17N3O3/c23-22(24)16-7-5-14(6-8-16)13-21-11-9-15(10-12-21)19-20-17-3-1-2-4-18(17)25-19/h1-9H,10-13H2. The number of nitro benzene ring substituents is 1. The highest BCUT2D eigenvalue weighted by atomic mass is 16.6. The highest BCUT2D eigenvalue weighted by molar-refractivity contribution is 5.75. The zero-order valence-corrected chi connectivity index (χ0v) is 13.6. The number of hydrogen-bond donors (Lipinski definition) is 0. The molecule has 1 aliphatic rings. The van der Waals surface area contributed by atoms with E-state index in [1.165, 1.54) is 0 Å². The van der Waals surface area contributed by atoms with Gasteiger partial charge in [0.05, 0.1) is 4.92 Å². The fraction of sp³-hybridized carbons (Fsp3) is 0.211. The predicted molar refractivity (Wildman–Crippen MR) is 95.0 cm³/mol. The number of benzene rings is 2. The first-order valence-corrected chi connectivity index (χ1v) is 8.20. The van der Waals surface area contributed by atoms with Gasteiger partial charge in [-0.25, -0.2) is 4.98 Å². The molecule has 0 bridgehead atoms. The van der Waals surface area contributed by atoms with Crippen LogP contribution in [0.25, 0.3) is 16.7 Å². The van der Waals surface area contributed by atoms with Crippen LogP contribution in [0.3, 0.4) is 0 Å². The molecule has 25 heavy (non-hydrogen) atoms. The van der Waals surface area contributed by atoms with Gasteiger partial charge in [-0.05, 0) is 24.1 Å². The van der Waals surface area contributed by atoms with Gasteiger partial charge in [0.25, 0.3) is 5.69 Å². The van der Waals surface area contributed by atoms with Crippen LogP contribution in [0.15, 0.2) is 59.0 Å². The number of hydrogen-bond acceptors (Lipinski definition) is 5. The number of oxazole rings is 1. The maximum atomic E-state index is 10.7. The van der Waals surface area contributed by atoms with Gasteiger partial charge in [0.1, 0.15) is 5.52 Å². The summed E-state index contributed by atoms with van der Waals surface area (Å²) in [5.74, 6) is 0.705. The number of aromatic nitrogens is 1. The van der Waals surface area contributed by atoms with Gasteiger partial charge in [0.2, 0.25) is 5.89 Å². The number of nitrogens with zero attached hydrogens (tertiary/aromatic N) is 3. The van der Waals surface area contributed by atoms with Crippen molar-refractivity contribution in [3.05, 3.63) is 76.2 Å². The fourth-order valence-electron chi connectivity index (χ4n) is 3.04. The van der Waals surface area contributed by atoms with Crippen LogP contribution in [-0.4, -0.2) is 27.9 Å². The first kappa shape index (κ1) is 15.5. The molecule has 4 rings (SSSR count). The second-order valence-electron chi connectivity index (χ2n) is 6.12. The number of rotatable bonds is 4. The molecule has 0 aliphatic carbocycles. The second kappa shape index (κ2) is 6.49. The minimum atomic E-state index is -0.375. The van der Waals surface area contributed by atoms with Crippen molar-refractivity contribution in [2.24, 2.45) is 0 Å². The van der Waals surface area contributed by atoms with Crippen LogP contribution in [0.2, 0.25) is 0 Å². The molecule has 126 valence electrons. The topological polar surface area (TPSA) is 72.4 Å². The summed E-state index contributed by atoms with van der Waals surface area (Å²) in [4.78, 5) is 17.2. The van der Waals surface area contributed by atoms with Crippen molar-refractivity contribution in [1.29, 1.82) is 0 Å². The van der Waals surface area contributed by atoms with E-state index in [0.29, 0.717) is 5.89 Å². The van der Waals surface area contributed by atoms with Crippen LogP contribution in [-0.2, 0) is 6.54 Å². The number of nitro groups is 1. The summed E-state index contributed by atoms with van der Waals surface area (Å²) in [5, 5.41) is 10.7. The lowest BCUT2D eigenvalue weighted by Gasteiger charge is -2.25. The summed E-state index contributed by atoms with van der Waals surface area (Å²) in [5.41, 5.74) is 4.03. The van der Waals surface area contributed by atoms with Gasteiger partial charge in [-0.2, -0.15) is 0 Å². The second-order valence-corrected chi connectivity index (χ2v) is 6.12. The summed E-state index contributed by atoms with van der Waals surface area (Å²) >= 11 is 0. The largest absolute Gasteiger partial charge is 0.436 e. The van der Waals surface area contributed by atoms with E-state index in [0.717, 1.165) is 48.3 Å². The van der Waals surface area contributed by atoms with Crippen molar-refractivity contribution >= 4 is 22.4 Å². The van der Waals surface area contributed by atoms with Crippen molar-refractivity contribution in [3.63, 3.8) is 0 Å². The van der Waals surface area contributed by atoms with Crippen molar-refractivity contribution in [2.45, 2.75) is 13.0 Å². The van der Waals surface area contributed by atoms with Crippen LogP contribution in [0.5, 0.6) is 0 Å². The van der Waals surface area contributed by atoms with Crippen molar-refractivity contribution < 1.29 is 9.34 Å². The maximum absolute atomic E-state index is 10.7. The van der Waals surface area contributed by atoms with Gasteiger partial charge in [-0.15, -0.1) is 0 Å². The average molecular weight is 335 g/mol. The van der Waals surface area contributed by atoms with E-state index >= 15 is 0 Å². The molecule has 0 spiro atoms. The molecular weight excluding hydrogens is 318 g/mol. The van der Waals surface area contributed by atoms with Gasteiger partial charge in [0, 0.05) is 37.3 Å². The Morgan fingerprint density at radius 1 is 1.16 bits per heavy atom. The minimum absolute atomic E-state index is 0.125. The smallest absolute Gasteiger partial charge is 0.269 e. The van der Waals surface area contributed by atoms with E-state index < -0.39 is 0 Å². The monoisotopic (exact) mass is 335 g/mol. The Bertz CT molecular complexity index is 911. The van der Waals surface area contributed by atoms with Crippen LogP contribution in [0.4, 0.5) is 5.69 Å². The summed E-state index contributed by atoms with van der Waals surface area (Å²) in [6, 6.07) is 14.5. The van der Waals surface area contributed by atoms with Gasteiger partial charge in [-0.3, -0.25) is 15.0 Å². The molecule has 1 aromatic heterocycles. The van der Waals surface area contributed by atoms with Crippen molar-refractivity contribution in [1.82, 2.24) is 9.88 Å². The Hall–Kier alpha value is -2.99. The van der Waals surface area contributed by atoms with Gasteiger partial charge in [-0.1, -0.05) is 30.3 Å². The van der Waals surface area contributed by atoms with E-state index in [1.54, 1.807) is 12.1 Å². The van der Waals surface area contributed by atoms with Gasteiger partial charge >= 0.3 is 0 Å². The Labute approximate surface area is 144 Å². The SMILES string of the molecule is O=[N+]([O-])c1ccc(CN2CC=C(c3nc4ccccc4o3)CC2)cc1. The number of para-hydroxylation sites is 2. The third-order valence-corrected chi connectivity index (χ3v) is 4.42. The molecule has 0 saturated carbocycles. The van der Waals surface area contributed by atoms with Crippen LogP contribution < -0.4 is 0 Å². The lowest BCUT2D eigenvalue weighted by atomic mass is 10.1. The molecule has 2 aromatic carbocycles. The average Bonchev–Trinajstić information content (AvgIpc) is 3.07. The molecule has 6 heteroatoms. The molecule has 0 radical (unpaired) electrons. The lowest BCUT2D eigenvalue weighted by Crippen LogP contribution is -2.28. The summed E-state index contributed by atoms with van der Waals surface area (Å²) < 4.78 is 5.83. The summed E-state index contributed by atoms with van der Waals surface area (Å²) in [6.07, 6.45) is 3.03. The molecule has 0 unspecified atom stereocenters. The molecule has 1 aliphatic heterocycles. The van der Waals surface area contributed by atoms with E-state index in [-0.39, 0.29) is 10.6 Å². The molecule has 0 saturated heterocycles. The Morgan fingerprint density at radius 2 is 1.96 bits per heavy atom. The Balaban J connectivity index is 1.43. The number of fused-ring (bicyclic) bond motifs is 1. The molecule has 2 heterocycles. The third kappa shape index (κ3) is 3.29. The summed E-state index contributed by atoms with van der Waals surface area (Å²) in [7, 11) is 0. The molecule has 6 nitrogen and oxygen atoms in total. The molecule has 0 fully saturated rings. The maximum Gasteiger partial charge on any atom is 0.269 e. The highest BCUT2D eigenvalue weighted by Crippen LogP contribution is 2.26. The fourth-order valence-corrected chi connectivity index (χ4v) is 3.04. The molecular formula is C19H17N3O3. The van der Waals surface area contributed by atoms with Crippen LogP contribution >= 0.6 is 0 Å². The molecule has 3 aromatic rings. The highest BCUT2D eigenvalue weighted by Gasteiger charge is 2.17. The van der Waals surface area contributed by atoms with E-state index in [2.05, 4.69) is 16.0 Å². The molecule has 0 N–H and O–H groups in total. The van der Waals surface area contributed by atoms with Crippen LogP contribution in [0, 0.1) is 10.1 Å². The Morgan fingerprint density at radius 3 is 2.64 bits per heavy atom. The van der Waals surface area contributed by atoms with Gasteiger partial charge < -0.3 is 4.42 Å². The van der Waals surface area contributed by atoms with Crippen molar-refractivity contribution in [3.8, 4) is 0 Å². The van der Waals surface area contributed by atoms with Crippen LogP contribution in [0.1, 0.15) is 17.9 Å². The minimum Gasteiger partial charge on any atom is -0.436 e. The number of non-ortho nitro benzene ring substituents is 1. The van der Waals surface area contributed by atoms with Gasteiger partial charge in [0.15, 0.2) is 5.58 Å². The first-order chi connectivity index (χ1) is 12.2. The first-order valence-electron chi connectivity index (χ1n) is 8.20. The van der Waals surface area contributed by atoms with E-state index in [9.17, 15) is 10.1 Å². The van der Waals surface area contributed by atoms with E-state index in [1.807, 2.05) is 36.4 Å². The predicted octanol–water partition coefficient (Wildman–Crippen LogP) is 4.03.